The summed E-state index contributed by atoms with van der Waals surface area (Å²) in [6.45, 7) is 4.81. The van der Waals surface area contributed by atoms with E-state index in [1.807, 2.05) is 25.9 Å². The summed E-state index contributed by atoms with van der Waals surface area (Å²) in [6.07, 6.45) is 2.05. The van der Waals surface area contributed by atoms with Crippen molar-refractivity contribution in [2.75, 3.05) is 26.9 Å². The number of thioether (sulfide) groups is 1. The van der Waals surface area contributed by atoms with E-state index < -0.39 is 0 Å². The first-order valence-electron chi connectivity index (χ1n) is 7.31. The summed E-state index contributed by atoms with van der Waals surface area (Å²) in [5.41, 5.74) is 1.15. The number of benzene rings is 1. The van der Waals surface area contributed by atoms with Gasteiger partial charge in [-0.2, -0.15) is 0 Å². The van der Waals surface area contributed by atoms with E-state index in [2.05, 4.69) is 47.7 Å². The number of amides is 1. The molecule has 1 aromatic rings. The Hall–Kier alpha value is -1.04. The standard InChI is InChI=1S/C16H25N3OS/c1-11(18(3)4)10-19-15(17-12(2)16(19)20)13-6-8-14(21-5)9-7-13/h6-9,11-12,15,17H,10H2,1-5H3. The second-order valence-electron chi connectivity index (χ2n) is 5.87. The van der Waals surface area contributed by atoms with Crippen molar-refractivity contribution < 1.29 is 4.79 Å². The number of likely N-dealkylation sites (N-methyl/N-ethyl adjacent to an activating group) is 1. The average Bonchev–Trinajstić information content (AvgIpc) is 2.75. The van der Waals surface area contributed by atoms with E-state index in [-0.39, 0.29) is 18.1 Å². The normalized spacial score (nSPS) is 23.9. The molecule has 0 aliphatic carbocycles. The molecule has 1 saturated heterocycles. The van der Waals surface area contributed by atoms with Gasteiger partial charge in [-0.25, -0.2) is 0 Å². The second kappa shape index (κ2) is 6.81. The number of hydrogen-bond donors (Lipinski definition) is 1. The molecule has 1 aliphatic heterocycles. The fraction of sp³-hybridized carbons (Fsp3) is 0.562. The van der Waals surface area contributed by atoms with Gasteiger partial charge in [0.25, 0.3) is 0 Å². The summed E-state index contributed by atoms with van der Waals surface area (Å²) < 4.78 is 0. The predicted molar refractivity (Wildman–Crippen MR) is 88.4 cm³/mol. The highest BCUT2D eigenvalue weighted by molar-refractivity contribution is 7.98. The number of nitrogens with one attached hydrogen (secondary N) is 1. The lowest BCUT2D eigenvalue weighted by Crippen LogP contribution is -2.41. The van der Waals surface area contributed by atoms with Crippen LogP contribution in [0.15, 0.2) is 29.2 Å². The molecule has 3 unspecified atom stereocenters. The molecule has 1 N–H and O–H groups in total. The molecule has 0 saturated carbocycles. The molecule has 116 valence electrons. The number of hydrogen-bond acceptors (Lipinski definition) is 4. The van der Waals surface area contributed by atoms with Crippen molar-refractivity contribution >= 4 is 17.7 Å². The Morgan fingerprint density at radius 1 is 1.33 bits per heavy atom. The van der Waals surface area contributed by atoms with Crippen LogP contribution in [0, 0.1) is 0 Å². The van der Waals surface area contributed by atoms with Crippen molar-refractivity contribution in [2.45, 2.75) is 37.0 Å². The molecular weight excluding hydrogens is 282 g/mol. The van der Waals surface area contributed by atoms with Gasteiger partial charge >= 0.3 is 0 Å². The highest BCUT2D eigenvalue weighted by Crippen LogP contribution is 2.27. The molecule has 1 aliphatic rings. The number of rotatable bonds is 5. The summed E-state index contributed by atoms with van der Waals surface area (Å²) in [6, 6.07) is 8.66. The molecule has 1 fully saturated rings. The lowest BCUT2D eigenvalue weighted by molar-refractivity contribution is -0.130. The van der Waals surface area contributed by atoms with Crippen LogP contribution in [0.3, 0.4) is 0 Å². The molecule has 0 aromatic heterocycles. The van der Waals surface area contributed by atoms with Crippen molar-refractivity contribution in [3.05, 3.63) is 29.8 Å². The Bertz CT molecular complexity index is 489. The van der Waals surface area contributed by atoms with Crippen molar-refractivity contribution in [3.63, 3.8) is 0 Å². The Labute approximate surface area is 131 Å². The lowest BCUT2D eigenvalue weighted by Gasteiger charge is -2.30. The first-order chi connectivity index (χ1) is 9.93. The molecule has 3 atom stereocenters. The number of nitrogens with zero attached hydrogens (tertiary/aromatic N) is 2. The van der Waals surface area contributed by atoms with Crippen molar-refractivity contribution in [1.29, 1.82) is 0 Å². The summed E-state index contributed by atoms with van der Waals surface area (Å²) in [4.78, 5) is 17.8. The molecular formula is C16H25N3OS. The minimum Gasteiger partial charge on any atom is -0.320 e. The molecule has 0 spiro atoms. The summed E-state index contributed by atoms with van der Waals surface area (Å²) in [5.74, 6) is 0.183. The van der Waals surface area contributed by atoms with Gasteiger partial charge in [0, 0.05) is 17.5 Å². The Morgan fingerprint density at radius 3 is 2.48 bits per heavy atom. The van der Waals surface area contributed by atoms with E-state index in [0.717, 1.165) is 12.1 Å². The smallest absolute Gasteiger partial charge is 0.241 e. The first-order valence-corrected chi connectivity index (χ1v) is 8.53. The fourth-order valence-electron chi connectivity index (χ4n) is 2.48. The maximum absolute atomic E-state index is 12.4. The zero-order valence-electron chi connectivity index (χ0n) is 13.5. The van der Waals surface area contributed by atoms with Crippen LogP contribution in [-0.2, 0) is 4.79 Å². The van der Waals surface area contributed by atoms with E-state index in [1.54, 1.807) is 11.8 Å². The Balaban J connectivity index is 2.20. The lowest BCUT2D eigenvalue weighted by atomic mass is 10.1. The molecule has 0 bridgehead atoms. The molecule has 1 heterocycles. The molecule has 1 amide bonds. The largest absolute Gasteiger partial charge is 0.320 e. The van der Waals surface area contributed by atoms with Crippen LogP contribution in [0.25, 0.3) is 0 Å². The van der Waals surface area contributed by atoms with Gasteiger partial charge < -0.3 is 9.80 Å². The van der Waals surface area contributed by atoms with Crippen LogP contribution in [0.1, 0.15) is 25.6 Å². The van der Waals surface area contributed by atoms with Gasteiger partial charge in [-0.1, -0.05) is 12.1 Å². The number of carbonyl (C=O) groups excluding carboxylic acids is 1. The number of carbonyl (C=O) groups is 1. The Kier molecular flexibility index (Phi) is 5.30. The quantitative estimate of drug-likeness (QED) is 0.846. The maximum Gasteiger partial charge on any atom is 0.241 e. The third-order valence-corrected chi connectivity index (χ3v) is 4.89. The summed E-state index contributed by atoms with van der Waals surface area (Å²) in [5, 5.41) is 3.40. The maximum atomic E-state index is 12.4. The molecule has 2 rings (SSSR count). The molecule has 4 nitrogen and oxygen atoms in total. The SMILES string of the molecule is CSc1ccc(C2NC(C)C(=O)N2CC(C)N(C)C)cc1. The molecule has 5 heteroatoms. The van der Waals surface area contributed by atoms with Gasteiger partial charge in [-0.05, 0) is 51.9 Å². The van der Waals surface area contributed by atoms with E-state index in [9.17, 15) is 4.79 Å². The minimum absolute atomic E-state index is 0.0224. The van der Waals surface area contributed by atoms with Crippen LogP contribution >= 0.6 is 11.8 Å². The Morgan fingerprint density at radius 2 is 1.95 bits per heavy atom. The van der Waals surface area contributed by atoms with Crippen molar-refractivity contribution in [3.8, 4) is 0 Å². The van der Waals surface area contributed by atoms with Gasteiger partial charge in [-0.3, -0.25) is 10.1 Å². The van der Waals surface area contributed by atoms with Crippen LogP contribution in [0.2, 0.25) is 0 Å². The van der Waals surface area contributed by atoms with Gasteiger partial charge in [0.15, 0.2) is 0 Å². The van der Waals surface area contributed by atoms with Crippen LogP contribution in [0.5, 0.6) is 0 Å². The monoisotopic (exact) mass is 307 g/mol. The average molecular weight is 307 g/mol. The topological polar surface area (TPSA) is 35.6 Å². The zero-order valence-corrected chi connectivity index (χ0v) is 14.3. The summed E-state index contributed by atoms with van der Waals surface area (Å²) >= 11 is 1.73. The van der Waals surface area contributed by atoms with Crippen molar-refractivity contribution in [1.82, 2.24) is 15.1 Å². The van der Waals surface area contributed by atoms with Crippen molar-refractivity contribution in [2.24, 2.45) is 0 Å². The highest BCUT2D eigenvalue weighted by Gasteiger charge is 2.37. The minimum atomic E-state index is -0.121. The van der Waals surface area contributed by atoms with Crippen LogP contribution in [0.4, 0.5) is 0 Å². The van der Waals surface area contributed by atoms with Crippen LogP contribution < -0.4 is 5.32 Å². The molecule has 21 heavy (non-hydrogen) atoms. The molecule has 0 radical (unpaired) electrons. The third-order valence-electron chi connectivity index (χ3n) is 4.15. The van der Waals surface area contributed by atoms with Gasteiger partial charge in [0.05, 0.1) is 6.04 Å². The van der Waals surface area contributed by atoms with Gasteiger partial charge in [0.2, 0.25) is 5.91 Å². The fourth-order valence-corrected chi connectivity index (χ4v) is 2.89. The highest BCUT2D eigenvalue weighted by atomic mass is 32.2. The second-order valence-corrected chi connectivity index (χ2v) is 6.75. The van der Waals surface area contributed by atoms with E-state index in [1.165, 1.54) is 4.90 Å². The zero-order chi connectivity index (χ0) is 15.6. The molecule has 1 aromatic carbocycles. The van der Waals surface area contributed by atoms with E-state index >= 15 is 0 Å². The van der Waals surface area contributed by atoms with E-state index in [0.29, 0.717) is 6.04 Å². The first kappa shape index (κ1) is 16.3. The third kappa shape index (κ3) is 3.59. The van der Waals surface area contributed by atoms with E-state index in [4.69, 9.17) is 0 Å². The van der Waals surface area contributed by atoms with Gasteiger partial charge in [-0.15, -0.1) is 11.8 Å². The van der Waals surface area contributed by atoms with Crippen LogP contribution in [-0.4, -0.2) is 54.7 Å². The van der Waals surface area contributed by atoms with Gasteiger partial charge in [0.1, 0.15) is 6.17 Å². The summed E-state index contributed by atoms with van der Waals surface area (Å²) in [7, 11) is 4.09. The predicted octanol–water partition coefficient (Wildman–Crippen LogP) is 2.18.